The van der Waals surface area contributed by atoms with Crippen LogP contribution in [0, 0.1) is 0 Å². The number of ether oxygens (including phenoxy) is 2. The number of benzene rings is 4. The number of hydrogen-bond acceptors (Lipinski definition) is 3. The maximum absolute atomic E-state index is 5.45. The van der Waals surface area contributed by atoms with E-state index < -0.39 is 0 Å². The minimum Gasteiger partial charge on any atom is -0.497 e. The molecule has 0 unspecified atom stereocenters. The van der Waals surface area contributed by atoms with Gasteiger partial charge in [-0.1, -0.05) is 48.5 Å². The van der Waals surface area contributed by atoms with Crippen LogP contribution in [0.2, 0.25) is 0 Å². The first kappa shape index (κ1) is 37.5. The average molecular weight is 710 g/mol. The van der Waals surface area contributed by atoms with Gasteiger partial charge in [-0.2, -0.15) is 0 Å². The molecule has 6 rings (SSSR count). The van der Waals surface area contributed by atoms with Crippen molar-refractivity contribution in [3.05, 3.63) is 131 Å². The molecule has 7 nitrogen and oxygen atoms in total. The van der Waals surface area contributed by atoms with E-state index in [1.807, 2.05) is 24.3 Å². The molecule has 0 radical (unpaired) electrons. The quantitative estimate of drug-likeness (QED) is 0.110. The minimum atomic E-state index is 0.672. The van der Waals surface area contributed by atoms with Crippen LogP contribution < -0.4 is 9.47 Å². The van der Waals surface area contributed by atoms with Gasteiger partial charge in [0.15, 0.2) is 5.84 Å². The van der Waals surface area contributed by atoms with Crippen molar-refractivity contribution < 1.29 is 18.4 Å². The largest absolute Gasteiger partial charge is 0.497 e. The van der Waals surface area contributed by atoms with Crippen LogP contribution in [0.15, 0.2) is 119 Å². The second-order valence-corrected chi connectivity index (χ2v) is 14.6. The highest BCUT2D eigenvalue weighted by atomic mass is 16.5. The summed E-state index contributed by atoms with van der Waals surface area (Å²) in [5.41, 5.74) is 10.8. The van der Waals surface area contributed by atoms with Gasteiger partial charge in [0.25, 0.3) is 0 Å². The maximum atomic E-state index is 5.45. The Balaban J connectivity index is 1.44. The third-order valence-corrected chi connectivity index (χ3v) is 11.3. The van der Waals surface area contributed by atoms with Gasteiger partial charge in [-0.25, -0.2) is 9.98 Å². The average Bonchev–Trinajstić information content (AvgIpc) is 3.83. The van der Waals surface area contributed by atoms with Gasteiger partial charge in [-0.3, -0.25) is 0 Å². The fraction of sp³-hybridized carbons (Fsp3) is 0.304. The number of rotatable bonds is 15. The van der Waals surface area contributed by atoms with Gasteiger partial charge in [-0.15, -0.1) is 0 Å². The van der Waals surface area contributed by atoms with E-state index in [9.17, 15) is 0 Å². The number of aromatic nitrogens is 1. The lowest BCUT2D eigenvalue weighted by atomic mass is 10.0. The number of hydrogen-bond donors (Lipinski definition) is 1. The molecule has 274 valence electrons. The molecule has 0 fully saturated rings. The number of amidine groups is 1. The number of nitrogens with one attached hydrogen (secondary N) is 1. The van der Waals surface area contributed by atoms with Crippen molar-refractivity contribution in [1.29, 1.82) is 0 Å². The van der Waals surface area contributed by atoms with Crippen LogP contribution in [-0.4, -0.2) is 80.0 Å². The molecular weight excluding hydrogens is 655 g/mol. The van der Waals surface area contributed by atoms with Crippen molar-refractivity contribution in [3.63, 3.8) is 0 Å². The Morgan fingerprint density at radius 3 is 1.51 bits per heavy atom. The van der Waals surface area contributed by atoms with Crippen molar-refractivity contribution in [2.24, 2.45) is 9.98 Å². The molecule has 53 heavy (non-hydrogen) atoms. The number of aromatic amines is 1. The number of H-pyrrole nitrogens is 1. The van der Waals surface area contributed by atoms with Crippen LogP contribution in [0.4, 0.5) is 5.82 Å². The minimum absolute atomic E-state index is 0.672. The fourth-order valence-corrected chi connectivity index (χ4v) is 6.75. The van der Waals surface area contributed by atoms with Crippen LogP contribution >= 0.6 is 0 Å². The molecule has 2 heterocycles. The molecule has 0 amide bonds. The number of methoxy groups -OCH3 is 2. The lowest BCUT2D eigenvalue weighted by molar-refractivity contribution is -0.919. The Hall–Kier alpha value is -5.24. The molecule has 0 bridgehead atoms. The van der Waals surface area contributed by atoms with Crippen molar-refractivity contribution in [3.8, 4) is 33.9 Å². The van der Waals surface area contributed by atoms with Crippen LogP contribution in [0.1, 0.15) is 49.9 Å². The summed E-state index contributed by atoms with van der Waals surface area (Å²) in [6.07, 6.45) is 2.16. The molecule has 1 aliphatic rings. The van der Waals surface area contributed by atoms with Gasteiger partial charge in [-0.05, 0) is 105 Å². The van der Waals surface area contributed by atoms with Crippen LogP contribution in [-0.2, 0) is 13.1 Å². The van der Waals surface area contributed by atoms with Crippen LogP contribution in [0.3, 0.4) is 0 Å². The Morgan fingerprint density at radius 2 is 1.04 bits per heavy atom. The van der Waals surface area contributed by atoms with E-state index in [1.54, 1.807) is 14.2 Å². The molecule has 1 aromatic heterocycles. The van der Waals surface area contributed by atoms with Gasteiger partial charge < -0.3 is 23.4 Å². The molecule has 4 aromatic carbocycles. The van der Waals surface area contributed by atoms with Crippen LogP contribution in [0.5, 0.6) is 11.5 Å². The molecule has 1 N–H and O–H groups in total. The monoisotopic (exact) mass is 709 g/mol. The molecule has 0 atom stereocenters. The topological polar surface area (TPSA) is 59.0 Å². The summed E-state index contributed by atoms with van der Waals surface area (Å²) < 4.78 is 12.9. The predicted molar refractivity (Wildman–Crippen MR) is 221 cm³/mol. The zero-order valence-electron chi connectivity index (χ0n) is 32.7. The summed E-state index contributed by atoms with van der Waals surface area (Å²) >= 11 is 0. The van der Waals surface area contributed by atoms with E-state index in [-0.39, 0.29) is 0 Å². The molecule has 7 heteroatoms. The predicted octanol–water partition coefficient (Wildman–Crippen LogP) is 9.96. The summed E-state index contributed by atoms with van der Waals surface area (Å²) in [5.74, 6) is 3.07. The fourth-order valence-electron chi connectivity index (χ4n) is 6.75. The molecule has 0 saturated carbocycles. The van der Waals surface area contributed by atoms with E-state index in [0.717, 1.165) is 110 Å². The Morgan fingerprint density at radius 1 is 0.585 bits per heavy atom. The third kappa shape index (κ3) is 8.54. The first-order valence-corrected chi connectivity index (χ1v) is 18.9. The van der Waals surface area contributed by atoms with Gasteiger partial charge in [0, 0.05) is 33.5 Å². The first-order valence-electron chi connectivity index (χ1n) is 18.9. The highest BCUT2D eigenvalue weighted by Gasteiger charge is 2.23. The van der Waals surface area contributed by atoms with Crippen molar-refractivity contribution >= 4 is 22.9 Å². The molecule has 0 spiro atoms. The van der Waals surface area contributed by atoms with Gasteiger partial charge >= 0.3 is 0 Å². The second kappa shape index (κ2) is 16.2. The second-order valence-electron chi connectivity index (χ2n) is 14.6. The third-order valence-electron chi connectivity index (χ3n) is 11.3. The highest BCUT2D eigenvalue weighted by Crippen LogP contribution is 2.38. The Labute approximate surface area is 316 Å². The van der Waals surface area contributed by atoms with E-state index in [0.29, 0.717) is 5.84 Å². The van der Waals surface area contributed by atoms with Crippen molar-refractivity contribution in [1.82, 2.24) is 4.98 Å². The smallest absolute Gasteiger partial charge is 0.162 e. The van der Waals surface area contributed by atoms with Crippen molar-refractivity contribution in [2.45, 2.75) is 40.8 Å². The summed E-state index contributed by atoms with van der Waals surface area (Å²) in [4.78, 5) is 14.2. The zero-order valence-corrected chi connectivity index (χ0v) is 32.7. The number of quaternary nitrogens is 2. The number of allylic oxidation sites excluding steroid dienone is 1. The highest BCUT2D eigenvalue weighted by molar-refractivity contribution is 6.38. The molecular formula is C46H55N5O2+2. The van der Waals surface area contributed by atoms with E-state index >= 15 is 0 Å². The van der Waals surface area contributed by atoms with E-state index in [4.69, 9.17) is 19.5 Å². The lowest BCUT2D eigenvalue weighted by Gasteiger charge is -2.32. The van der Waals surface area contributed by atoms with Gasteiger partial charge in [0.05, 0.1) is 60.2 Å². The Kier molecular flexibility index (Phi) is 11.5. The zero-order chi connectivity index (χ0) is 37.6. The van der Waals surface area contributed by atoms with Gasteiger partial charge in [0.1, 0.15) is 30.4 Å². The Bertz CT molecular complexity index is 2080. The normalized spacial score (nSPS) is 14.0. The van der Waals surface area contributed by atoms with E-state index in [2.05, 4.69) is 132 Å². The SMILES string of the molecule is CC[N+](C)(CC)Cc1ccc(C2=CC(c3ccc(OC)cc3)=N/C2=N\c2[nH]c(-c3ccc(OC)cc3)cc2-c2ccc(C[N+](C)(CC)CC)cc2)cc1. The molecule has 0 aliphatic carbocycles. The molecule has 1 aliphatic heterocycles. The number of aliphatic imine (C=N–C) groups is 2. The first-order chi connectivity index (χ1) is 25.6. The summed E-state index contributed by atoms with van der Waals surface area (Å²) in [7, 11) is 8.02. The summed E-state index contributed by atoms with van der Waals surface area (Å²) in [6, 6.07) is 36.3. The lowest BCUT2D eigenvalue weighted by Crippen LogP contribution is -2.42. The molecule has 0 saturated heterocycles. The van der Waals surface area contributed by atoms with Crippen LogP contribution in [0.25, 0.3) is 28.0 Å². The molecule has 5 aromatic rings. The summed E-state index contributed by atoms with van der Waals surface area (Å²) in [6.45, 7) is 15.4. The van der Waals surface area contributed by atoms with E-state index in [1.165, 1.54) is 11.1 Å². The number of nitrogens with zero attached hydrogens (tertiary/aromatic N) is 4. The summed E-state index contributed by atoms with van der Waals surface area (Å²) in [5, 5.41) is 0. The standard InChI is InChI=1S/C46H55N5O2/c1-9-50(5,10-2)31-33-13-17-35(18-14-33)41-29-43(37-21-25-39(52-7)26-22-37)47-45(41)49-46-42(30-44(48-46)38-23-27-40(53-8)28-24-38)36-19-15-34(16-20-36)32-51(6,11-3)12-4/h13-30,47H,9-12,31-32H2,1-8H3/q+2/b49-46-. The maximum Gasteiger partial charge on any atom is 0.162 e. The van der Waals surface area contributed by atoms with Gasteiger partial charge in [0.2, 0.25) is 0 Å². The van der Waals surface area contributed by atoms with Crippen molar-refractivity contribution in [2.75, 3.05) is 54.5 Å².